The minimum absolute atomic E-state index is 0. The lowest BCUT2D eigenvalue weighted by Crippen LogP contribution is -2.33. The summed E-state index contributed by atoms with van der Waals surface area (Å²) in [5.41, 5.74) is 0.846. The van der Waals surface area contributed by atoms with E-state index < -0.39 is 11.7 Å². The molecule has 0 bridgehead atoms. The van der Waals surface area contributed by atoms with E-state index in [0.717, 1.165) is 17.5 Å². The van der Waals surface area contributed by atoms with Gasteiger partial charge in [0, 0.05) is 24.1 Å². The molecule has 140 valence electrons. The summed E-state index contributed by atoms with van der Waals surface area (Å²) in [6.07, 6.45) is -0.626. The molecule has 1 heterocycles. The molecule has 2 N–H and O–H groups in total. The Morgan fingerprint density at radius 1 is 1.20 bits per heavy atom. The number of methoxy groups -OCH3 is 1. The summed E-state index contributed by atoms with van der Waals surface area (Å²) in [5, 5.41) is 14.0. The predicted molar refractivity (Wildman–Crippen MR) is 100 cm³/mol. The smallest absolute Gasteiger partial charge is 0.336 e. The maximum Gasteiger partial charge on any atom is 0.336 e. The van der Waals surface area contributed by atoms with Gasteiger partial charge in [-0.25, -0.2) is 4.79 Å². The van der Waals surface area contributed by atoms with Crippen LogP contribution in [0, 0.1) is 12.8 Å². The zero-order valence-corrected chi connectivity index (χ0v) is 15.8. The number of aryl methyl sites for hydroxylation is 1. The monoisotopic (exact) mass is 371 g/mol. The third kappa shape index (κ3) is 5.92. The maximum absolute atomic E-state index is 11.5. The van der Waals surface area contributed by atoms with Crippen molar-refractivity contribution in [3.8, 4) is 11.5 Å². The van der Waals surface area contributed by atoms with Gasteiger partial charge in [0.1, 0.15) is 18.3 Å². The number of nitrogens with one attached hydrogen (secondary N) is 1. The Hall–Kier alpha value is -1.76. The number of ether oxygens (including phenoxy) is 2. The zero-order chi connectivity index (χ0) is 17.7. The third-order valence-corrected chi connectivity index (χ3v) is 3.60. The molecule has 0 fully saturated rings. The van der Waals surface area contributed by atoms with Gasteiger partial charge in [-0.15, -0.1) is 12.4 Å². The zero-order valence-electron chi connectivity index (χ0n) is 15.0. The van der Waals surface area contributed by atoms with Crippen LogP contribution in [0.3, 0.4) is 0 Å². The Bertz CT molecular complexity index is 744. The third-order valence-electron chi connectivity index (χ3n) is 3.60. The average molecular weight is 372 g/mol. The topological polar surface area (TPSA) is 80.9 Å². The molecule has 0 saturated carbocycles. The lowest BCUT2D eigenvalue weighted by atomic mass is 10.1. The summed E-state index contributed by atoms with van der Waals surface area (Å²) < 4.78 is 16.2. The van der Waals surface area contributed by atoms with Crippen LogP contribution < -0.4 is 20.4 Å². The Morgan fingerprint density at radius 2 is 1.92 bits per heavy atom. The molecule has 0 radical (unpaired) electrons. The van der Waals surface area contributed by atoms with Crippen LogP contribution >= 0.6 is 12.4 Å². The van der Waals surface area contributed by atoms with Crippen molar-refractivity contribution >= 4 is 23.4 Å². The van der Waals surface area contributed by atoms with Crippen molar-refractivity contribution in [3.05, 3.63) is 34.2 Å². The van der Waals surface area contributed by atoms with E-state index in [9.17, 15) is 9.90 Å². The maximum atomic E-state index is 11.5. The molecule has 1 unspecified atom stereocenters. The van der Waals surface area contributed by atoms with Gasteiger partial charge in [0.25, 0.3) is 0 Å². The van der Waals surface area contributed by atoms with Crippen molar-refractivity contribution in [3.63, 3.8) is 0 Å². The summed E-state index contributed by atoms with van der Waals surface area (Å²) >= 11 is 0. The molecule has 0 aliphatic carbocycles. The predicted octanol–water partition coefficient (Wildman–Crippen LogP) is 2.52. The fourth-order valence-electron chi connectivity index (χ4n) is 2.38. The number of benzene rings is 1. The second-order valence-corrected chi connectivity index (χ2v) is 6.26. The molecule has 0 saturated heterocycles. The Balaban J connectivity index is 0.00000312. The highest BCUT2D eigenvalue weighted by Gasteiger charge is 2.13. The number of aliphatic hydroxyl groups is 1. The summed E-state index contributed by atoms with van der Waals surface area (Å²) in [6.45, 7) is 7.49. The Morgan fingerprint density at radius 3 is 2.56 bits per heavy atom. The molecule has 6 nitrogen and oxygen atoms in total. The number of fused-ring (bicyclic) bond motifs is 1. The minimum atomic E-state index is -0.626. The minimum Gasteiger partial charge on any atom is -0.493 e. The molecule has 25 heavy (non-hydrogen) atoms. The van der Waals surface area contributed by atoms with E-state index in [0.29, 0.717) is 29.5 Å². The highest BCUT2D eigenvalue weighted by atomic mass is 35.5. The molecule has 7 heteroatoms. The van der Waals surface area contributed by atoms with Crippen LogP contribution in [-0.4, -0.2) is 38.0 Å². The first-order valence-electron chi connectivity index (χ1n) is 8.04. The van der Waals surface area contributed by atoms with Gasteiger partial charge in [-0.2, -0.15) is 0 Å². The van der Waals surface area contributed by atoms with Crippen molar-refractivity contribution in [2.24, 2.45) is 5.92 Å². The van der Waals surface area contributed by atoms with Gasteiger partial charge in [0.05, 0.1) is 7.11 Å². The van der Waals surface area contributed by atoms with Crippen molar-refractivity contribution in [1.82, 2.24) is 5.32 Å². The van der Waals surface area contributed by atoms with Gasteiger partial charge in [-0.05, 0) is 31.0 Å². The van der Waals surface area contributed by atoms with E-state index in [1.807, 2.05) is 6.92 Å². The number of rotatable bonds is 8. The van der Waals surface area contributed by atoms with Crippen LogP contribution in [0.15, 0.2) is 27.4 Å². The molecular formula is C18H26ClNO5. The second-order valence-electron chi connectivity index (χ2n) is 6.26. The molecule has 2 rings (SSSR count). The van der Waals surface area contributed by atoms with Gasteiger partial charge in [-0.3, -0.25) is 0 Å². The van der Waals surface area contributed by atoms with E-state index in [-0.39, 0.29) is 19.0 Å². The highest BCUT2D eigenvalue weighted by molar-refractivity contribution is 5.85. The average Bonchev–Trinajstić information content (AvgIpc) is 2.51. The van der Waals surface area contributed by atoms with Gasteiger partial charge >= 0.3 is 5.63 Å². The van der Waals surface area contributed by atoms with Crippen molar-refractivity contribution in [2.75, 3.05) is 26.8 Å². The molecule has 2 aromatic rings. The SMILES string of the molecule is COc1cc2oc(=O)cc(C)c2cc1OCC(O)CNCC(C)C.Cl. The fraction of sp³-hybridized carbons (Fsp3) is 0.500. The standard InChI is InChI=1S/C18H25NO5.ClH/c1-11(2)8-19-9-13(20)10-23-17-6-14-12(3)5-18(21)24-15(14)7-16(17)22-4;/h5-7,11,13,19-20H,8-10H2,1-4H3;1H. The van der Waals surface area contributed by atoms with Crippen LogP contribution in [0.4, 0.5) is 0 Å². The first-order valence-corrected chi connectivity index (χ1v) is 8.04. The summed E-state index contributed by atoms with van der Waals surface area (Å²) in [4.78, 5) is 11.5. The van der Waals surface area contributed by atoms with Crippen LogP contribution in [0.25, 0.3) is 11.0 Å². The van der Waals surface area contributed by atoms with Crippen LogP contribution in [0.2, 0.25) is 0 Å². The molecule has 0 aliphatic heterocycles. The van der Waals surface area contributed by atoms with Gasteiger partial charge in [-0.1, -0.05) is 13.8 Å². The largest absolute Gasteiger partial charge is 0.493 e. The lowest BCUT2D eigenvalue weighted by molar-refractivity contribution is 0.104. The Labute approximate surface area is 153 Å². The van der Waals surface area contributed by atoms with E-state index in [1.165, 1.54) is 13.2 Å². The van der Waals surface area contributed by atoms with Gasteiger partial charge in [0.2, 0.25) is 0 Å². The number of aliphatic hydroxyl groups excluding tert-OH is 1. The normalized spacial score (nSPS) is 12.1. The quantitative estimate of drug-likeness (QED) is 0.694. The summed E-state index contributed by atoms with van der Waals surface area (Å²) in [7, 11) is 1.52. The first kappa shape index (κ1) is 21.3. The molecule has 1 aromatic heterocycles. The molecule has 0 aliphatic rings. The van der Waals surface area contributed by atoms with Crippen LogP contribution in [-0.2, 0) is 0 Å². The fourth-order valence-corrected chi connectivity index (χ4v) is 2.38. The number of hydrogen-bond acceptors (Lipinski definition) is 6. The first-order chi connectivity index (χ1) is 11.4. The molecule has 1 atom stereocenters. The highest BCUT2D eigenvalue weighted by Crippen LogP contribution is 2.33. The molecule has 0 spiro atoms. The van der Waals surface area contributed by atoms with E-state index >= 15 is 0 Å². The van der Waals surface area contributed by atoms with E-state index in [4.69, 9.17) is 13.9 Å². The summed E-state index contributed by atoms with van der Waals surface area (Å²) in [5.74, 6) is 1.49. The van der Waals surface area contributed by atoms with E-state index in [2.05, 4.69) is 19.2 Å². The van der Waals surface area contributed by atoms with Gasteiger partial charge in [0.15, 0.2) is 11.5 Å². The Kier molecular flexibility index (Phi) is 8.22. The molecule has 0 amide bonds. The van der Waals surface area contributed by atoms with E-state index in [1.54, 1.807) is 12.1 Å². The van der Waals surface area contributed by atoms with Crippen molar-refractivity contribution < 1.29 is 19.0 Å². The van der Waals surface area contributed by atoms with Crippen LogP contribution in [0.1, 0.15) is 19.4 Å². The molecule has 1 aromatic carbocycles. The van der Waals surface area contributed by atoms with Crippen molar-refractivity contribution in [2.45, 2.75) is 26.9 Å². The lowest BCUT2D eigenvalue weighted by Gasteiger charge is -2.16. The second kappa shape index (κ2) is 9.65. The van der Waals surface area contributed by atoms with Crippen LogP contribution in [0.5, 0.6) is 11.5 Å². The summed E-state index contributed by atoms with van der Waals surface area (Å²) in [6, 6.07) is 4.83. The number of halogens is 1. The molecular weight excluding hydrogens is 346 g/mol. The van der Waals surface area contributed by atoms with Gasteiger partial charge < -0.3 is 24.3 Å². The number of hydrogen-bond donors (Lipinski definition) is 2. The van der Waals surface area contributed by atoms with Crippen molar-refractivity contribution in [1.29, 1.82) is 0 Å².